The van der Waals surface area contributed by atoms with Gasteiger partial charge in [0.15, 0.2) is 0 Å². The minimum Gasteiger partial charge on any atom is -1.00 e. The van der Waals surface area contributed by atoms with Crippen molar-refractivity contribution in [1.29, 1.82) is 0 Å². The Morgan fingerprint density at radius 3 is 2.15 bits per heavy atom. The second kappa shape index (κ2) is 17.2. The van der Waals surface area contributed by atoms with E-state index < -0.39 is 0 Å². The van der Waals surface area contributed by atoms with E-state index in [1.807, 2.05) is 12.2 Å². The minimum atomic E-state index is 0. The van der Waals surface area contributed by atoms with E-state index in [1.165, 1.54) is 48.8 Å². The summed E-state index contributed by atoms with van der Waals surface area (Å²) >= 11 is 0. The van der Waals surface area contributed by atoms with Crippen molar-refractivity contribution in [3.63, 3.8) is 0 Å². The molecule has 0 heterocycles. The predicted molar refractivity (Wildman–Crippen MR) is 107 cm³/mol. The fourth-order valence-electron chi connectivity index (χ4n) is 2.72. The van der Waals surface area contributed by atoms with Crippen LogP contribution in [-0.2, 0) is 21.7 Å². The molecule has 2 aromatic rings. The van der Waals surface area contributed by atoms with E-state index in [1.54, 1.807) is 5.30 Å². The molecule has 0 aromatic heterocycles. The van der Waals surface area contributed by atoms with Gasteiger partial charge in [-0.25, -0.2) is 12.2 Å². The van der Waals surface area contributed by atoms with Crippen LogP contribution in [0.4, 0.5) is 0 Å². The van der Waals surface area contributed by atoms with Crippen LogP contribution in [0.5, 0.6) is 0 Å². The van der Waals surface area contributed by atoms with E-state index in [9.17, 15) is 0 Å². The molecule has 0 spiro atoms. The van der Waals surface area contributed by atoms with E-state index >= 15 is 0 Å². The molecule has 0 unspecified atom stereocenters. The summed E-state index contributed by atoms with van der Waals surface area (Å²) in [6.45, 7) is 4.60. The molecule has 0 amide bonds. The minimum absolute atomic E-state index is 0. The summed E-state index contributed by atoms with van der Waals surface area (Å²) in [6, 6.07) is 13.6. The predicted octanol–water partition coefficient (Wildman–Crippen LogP) is 0.577. The number of rotatable bonds is 7. The maximum atomic E-state index is 2.99. The van der Waals surface area contributed by atoms with Gasteiger partial charge in [0.25, 0.3) is 0 Å². The van der Waals surface area contributed by atoms with E-state index in [-0.39, 0.29) is 54.5 Å². The van der Waals surface area contributed by atoms with Gasteiger partial charge in [0.2, 0.25) is 0 Å². The van der Waals surface area contributed by atoms with Crippen molar-refractivity contribution >= 4 is 24.0 Å². The van der Waals surface area contributed by atoms with Crippen LogP contribution in [-0.4, -0.2) is 12.3 Å². The van der Waals surface area contributed by atoms with E-state index in [2.05, 4.69) is 62.4 Å². The zero-order valence-corrected chi connectivity index (χ0v) is 19.8. The molecule has 1 aliphatic carbocycles. The fourth-order valence-corrected chi connectivity index (χ4v) is 5.50. The van der Waals surface area contributed by atoms with Crippen LogP contribution in [0.3, 0.4) is 0 Å². The van der Waals surface area contributed by atoms with Gasteiger partial charge in [-0.15, -0.1) is 46.8 Å². The molecule has 140 valence electrons. The molecule has 0 radical (unpaired) electrons. The Morgan fingerprint density at radius 1 is 1.04 bits per heavy atom. The van der Waals surface area contributed by atoms with Crippen LogP contribution in [0.2, 0.25) is 0 Å². The van der Waals surface area contributed by atoms with Crippen LogP contribution < -0.4 is 30.1 Å². The molecular weight excluding hydrogens is 414 g/mol. The van der Waals surface area contributed by atoms with Crippen molar-refractivity contribution in [1.82, 2.24) is 0 Å². The molecule has 0 atom stereocenters. The molecule has 1 aliphatic rings. The second-order valence-corrected chi connectivity index (χ2v) is 8.53. The summed E-state index contributed by atoms with van der Waals surface area (Å²) in [4.78, 5) is 0. The third-order valence-electron chi connectivity index (χ3n) is 4.12. The average molecular weight is 443 g/mol. The SMILES string of the molecule is CCCCP(CCCC)c1cc2ccccc2[cH-]1.[C-]1=CC=CC1.[Cl-].[Cl-].[Ti+4]. The normalized spacial score (nSPS) is 11.3. The van der Waals surface area contributed by atoms with E-state index in [4.69, 9.17) is 0 Å². The maximum absolute atomic E-state index is 2.99. The zero-order valence-electron chi connectivity index (χ0n) is 15.8. The first-order valence-electron chi connectivity index (χ1n) is 8.97. The van der Waals surface area contributed by atoms with Crippen molar-refractivity contribution in [2.45, 2.75) is 46.0 Å². The smallest absolute Gasteiger partial charge is 1.00 e. The van der Waals surface area contributed by atoms with Gasteiger partial charge in [-0.2, -0.15) is 12.1 Å². The number of fused-ring (bicyclic) bond motifs is 1. The van der Waals surface area contributed by atoms with Gasteiger partial charge in [-0.1, -0.05) is 40.7 Å². The molecule has 0 nitrogen and oxygen atoms in total. The monoisotopic (exact) mass is 442 g/mol. The third-order valence-corrected chi connectivity index (χ3v) is 6.82. The summed E-state index contributed by atoms with van der Waals surface area (Å²) in [5, 5.41) is 4.48. The maximum Gasteiger partial charge on any atom is 4.00 e. The standard InChI is InChI=1S/C17H24P.C5H5.2ClH.Ti/c1-3-5-11-18(12-6-4-2)17-13-15-9-7-8-10-16(15)14-17;1-2-4-5-3-1;;;/h7-10,13-14H,3-6,11-12H2,1-2H3;1-3H,4H2;2*1H;/q2*-1;;;+4/p-2. The van der Waals surface area contributed by atoms with Gasteiger partial charge in [0, 0.05) is 0 Å². The molecule has 0 saturated heterocycles. The molecule has 0 saturated carbocycles. The van der Waals surface area contributed by atoms with E-state index in [0.717, 1.165) is 6.42 Å². The number of allylic oxidation sites excluding steroid dienone is 4. The molecule has 4 heteroatoms. The van der Waals surface area contributed by atoms with Crippen LogP contribution in [0, 0.1) is 6.08 Å². The Morgan fingerprint density at radius 2 is 1.69 bits per heavy atom. The Balaban J connectivity index is 0. The van der Waals surface area contributed by atoms with Gasteiger partial charge >= 0.3 is 21.7 Å². The Bertz CT molecular complexity index is 583. The van der Waals surface area contributed by atoms with Gasteiger partial charge in [-0.05, 0) is 25.2 Å². The summed E-state index contributed by atoms with van der Waals surface area (Å²) < 4.78 is 0. The quantitative estimate of drug-likeness (QED) is 0.334. The van der Waals surface area contributed by atoms with Crippen molar-refractivity contribution in [3.8, 4) is 0 Å². The van der Waals surface area contributed by atoms with Gasteiger partial charge in [-0.3, -0.25) is 6.08 Å². The number of hydrogen-bond acceptors (Lipinski definition) is 0. The summed E-state index contributed by atoms with van der Waals surface area (Å²) in [5.41, 5.74) is 0. The van der Waals surface area contributed by atoms with Gasteiger partial charge in [0.1, 0.15) is 0 Å². The zero-order chi connectivity index (χ0) is 16.3. The van der Waals surface area contributed by atoms with Crippen LogP contribution in [0.25, 0.3) is 10.8 Å². The summed E-state index contributed by atoms with van der Waals surface area (Å²) in [5.74, 6) is 0. The molecule has 0 bridgehead atoms. The number of hydrogen-bond donors (Lipinski definition) is 0. The van der Waals surface area contributed by atoms with E-state index in [0.29, 0.717) is 0 Å². The van der Waals surface area contributed by atoms with Crippen molar-refractivity contribution < 1.29 is 46.5 Å². The van der Waals surface area contributed by atoms with Crippen molar-refractivity contribution in [3.05, 3.63) is 60.7 Å². The topological polar surface area (TPSA) is 0 Å². The molecule has 2 aromatic carbocycles. The van der Waals surface area contributed by atoms with Crippen LogP contribution in [0.1, 0.15) is 46.0 Å². The number of benzene rings is 1. The first-order chi connectivity index (χ1) is 11.3. The van der Waals surface area contributed by atoms with Gasteiger partial charge in [0.05, 0.1) is 0 Å². The summed E-state index contributed by atoms with van der Waals surface area (Å²) in [7, 11) is 0.0856. The first kappa shape index (κ1) is 28.2. The fraction of sp³-hybridized carbons (Fsp3) is 0.409. The molecule has 0 aliphatic heterocycles. The molecular formula is C22H29Cl2PTi. The second-order valence-electron chi connectivity index (χ2n) is 6.04. The van der Waals surface area contributed by atoms with Crippen LogP contribution >= 0.6 is 7.92 Å². The molecule has 0 fully saturated rings. The van der Waals surface area contributed by atoms with Gasteiger partial charge < -0.3 is 24.8 Å². The number of unbranched alkanes of at least 4 members (excludes halogenated alkanes) is 2. The third kappa shape index (κ3) is 9.82. The van der Waals surface area contributed by atoms with Crippen molar-refractivity contribution in [2.75, 3.05) is 12.3 Å². The largest absolute Gasteiger partial charge is 4.00 e. The van der Waals surface area contributed by atoms with Crippen molar-refractivity contribution in [2.24, 2.45) is 0 Å². The Labute approximate surface area is 188 Å². The Hall–Kier alpha value is 0.0343. The molecule has 3 rings (SSSR count). The molecule has 0 N–H and O–H groups in total. The Kier molecular flexibility index (Phi) is 18.6. The first-order valence-corrected chi connectivity index (χ1v) is 10.7. The number of halogens is 2. The average Bonchev–Trinajstić information content (AvgIpc) is 3.27. The summed E-state index contributed by atoms with van der Waals surface area (Å²) in [6.07, 6.45) is 18.3. The molecule has 26 heavy (non-hydrogen) atoms. The van der Waals surface area contributed by atoms with Crippen LogP contribution in [0.15, 0.2) is 54.6 Å².